The molecule has 0 amide bonds. The molecule has 0 radical (unpaired) electrons. The predicted molar refractivity (Wildman–Crippen MR) is 85.2 cm³/mol. The van der Waals surface area contributed by atoms with Crippen LogP contribution in [-0.2, 0) is 12.3 Å². The van der Waals surface area contributed by atoms with Crippen LogP contribution >= 0.6 is 11.8 Å². The molecule has 0 fully saturated rings. The van der Waals surface area contributed by atoms with E-state index < -0.39 is 0 Å². The summed E-state index contributed by atoms with van der Waals surface area (Å²) in [4.78, 5) is 20.6. The Morgan fingerprint density at radius 2 is 2.14 bits per heavy atom. The van der Waals surface area contributed by atoms with Crippen molar-refractivity contribution in [2.24, 2.45) is 0 Å². The van der Waals surface area contributed by atoms with Crippen LogP contribution in [0.4, 0.5) is 0 Å². The average Bonchev–Trinajstić information content (AvgIpc) is 3.02. The third-order valence-electron chi connectivity index (χ3n) is 3.33. The van der Waals surface area contributed by atoms with Gasteiger partial charge in [-0.3, -0.25) is 8.97 Å². The third-order valence-corrected chi connectivity index (χ3v) is 4.34. The molecule has 0 saturated heterocycles. The summed E-state index contributed by atoms with van der Waals surface area (Å²) < 4.78 is 3.64. The van der Waals surface area contributed by atoms with E-state index in [2.05, 4.69) is 20.2 Å². The Morgan fingerprint density at radius 3 is 2.91 bits per heavy atom. The number of aryl methyl sites for hydroxylation is 2. The molecule has 0 aliphatic heterocycles. The second-order valence-corrected chi connectivity index (χ2v) is 6.14. The molecule has 3 aromatic heterocycles. The van der Waals surface area contributed by atoms with Gasteiger partial charge in [0.05, 0.1) is 5.69 Å². The van der Waals surface area contributed by atoms with Gasteiger partial charge in [0.15, 0.2) is 5.16 Å². The van der Waals surface area contributed by atoms with Gasteiger partial charge in [0, 0.05) is 29.9 Å². The summed E-state index contributed by atoms with van der Waals surface area (Å²) in [5.74, 6) is 1.36. The zero-order valence-electron chi connectivity index (χ0n) is 12.8. The zero-order chi connectivity index (χ0) is 15.7. The van der Waals surface area contributed by atoms with Crippen LogP contribution in [0, 0.1) is 13.8 Å². The second kappa shape index (κ2) is 5.96. The number of hydrogen-bond acceptors (Lipinski definition) is 5. The molecule has 116 valence electrons. The number of thioether (sulfide) groups is 1. The molecule has 0 spiro atoms. The van der Waals surface area contributed by atoms with Gasteiger partial charge in [0.1, 0.15) is 0 Å². The van der Waals surface area contributed by atoms with Crippen molar-refractivity contribution in [2.45, 2.75) is 44.6 Å². The molecule has 22 heavy (non-hydrogen) atoms. The van der Waals surface area contributed by atoms with Gasteiger partial charge in [-0.15, -0.1) is 5.10 Å². The van der Waals surface area contributed by atoms with Crippen molar-refractivity contribution in [1.82, 2.24) is 29.1 Å². The zero-order valence-corrected chi connectivity index (χ0v) is 13.6. The van der Waals surface area contributed by atoms with Gasteiger partial charge in [-0.25, -0.2) is 19.9 Å². The first kappa shape index (κ1) is 14.8. The van der Waals surface area contributed by atoms with Gasteiger partial charge in [-0.05, 0) is 26.3 Å². The van der Waals surface area contributed by atoms with E-state index in [1.807, 2.05) is 37.4 Å². The Kier molecular flexibility index (Phi) is 4.02. The highest BCUT2D eigenvalue weighted by Gasteiger charge is 2.11. The van der Waals surface area contributed by atoms with E-state index in [0.29, 0.717) is 23.2 Å². The van der Waals surface area contributed by atoms with Crippen molar-refractivity contribution in [3.8, 4) is 0 Å². The first-order valence-corrected chi connectivity index (χ1v) is 8.17. The van der Waals surface area contributed by atoms with Crippen LogP contribution in [0.25, 0.3) is 5.78 Å². The summed E-state index contributed by atoms with van der Waals surface area (Å²) in [7, 11) is 0. The Labute approximate surface area is 131 Å². The van der Waals surface area contributed by atoms with Crippen LogP contribution in [0.3, 0.4) is 0 Å². The minimum Gasteiger partial charge on any atom is -0.288 e. The highest BCUT2D eigenvalue weighted by atomic mass is 32.2. The molecule has 3 heterocycles. The van der Waals surface area contributed by atoms with E-state index in [1.54, 1.807) is 4.57 Å². The number of hydrogen-bond donors (Lipinski definition) is 1. The fraction of sp³-hybridized carbons (Fsp3) is 0.429. The fourth-order valence-electron chi connectivity index (χ4n) is 2.36. The maximum absolute atomic E-state index is 11.7. The first-order valence-electron chi connectivity index (χ1n) is 7.18. The quantitative estimate of drug-likeness (QED) is 0.727. The lowest BCUT2D eigenvalue weighted by Gasteiger charge is -2.01. The van der Waals surface area contributed by atoms with Crippen molar-refractivity contribution >= 4 is 17.5 Å². The largest absolute Gasteiger partial charge is 0.343 e. The molecule has 1 N–H and O–H groups in total. The molecule has 7 nitrogen and oxygen atoms in total. The molecule has 8 heteroatoms. The average molecular weight is 318 g/mol. The summed E-state index contributed by atoms with van der Waals surface area (Å²) in [6.07, 6.45) is 2.88. The van der Waals surface area contributed by atoms with Gasteiger partial charge in [0.25, 0.3) is 0 Å². The van der Waals surface area contributed by atoms with Crippen LogP contribution in [0.15, 0.2) is 22.2 Å². The van der Waals surface area contributed by atoms with Crippen molar-refractivity contribution in [2.75, 3.05) is 0 Å². The van der Waals surface area contributed by atoms with Gasteiger partial charge in [-0.2, -0.15) is 0 Å². The molecule has 0 bridgehead atoms. The molecular formula is C14H18N6OS. The van der Waals surface area contributed by atoms with Gasteiger partial charge >= 0.3 is 5.69 Å². The Bertz CT molecular complexity index is 862. The number of aromatic amines is 1. The number of H-pyrrole nitrogens is 1. The van der Waals surface area contributed by atoms with Crippen LogP contribution in [0.1, 0.15) is 30.4 Å². The molecular weight excluding hydrogens is 300 g/mol. The van der Waals surface area contributed by atoms with Crippen LogP contribution in [0.5, 0.6) is 0 Å². The molecule has 0 aliphatic rings. The van der Waals surface area contributed by atoms with E-state index in [1.165, 1.54) is 11.8 Å². The molecule has 0 saturated carbocycles. The topological polar surface area (TPSA) is 80.9 Å². The predicted octanol–water partition coefficient (Wildman–Crippen LogP) is 1.93. The minimum absolute atomic E-state index is 0.160. The number of aromatic nitrogens is 6. The van der Waals surface area contributed by atoms with E-state index >= 15 is 0 Å². The normalized spacial score (nSPS) is 11.4. The van der Waals surface area contributed by atoms with Gasteiger partial charge in [0.2, 0.25) is 5.78 Å². The van der Waals surface area contributed by atoms with Crippen LogP contribution < -0.4 is 5.69 Å². The van der Waals surface area contributed by atoms with Crippen LogP contribution in [0.2, 0.25) is 0 Å². The standard InChI is InChI=1S/C14H18N6OS/c1-4-5-19-13(21)17-18-14(19)22-8-11-7-20-10(3)6-9(2)15-12(20)16-11/h6-7H,4-5,8H2,1-3H3,(H,17,21). The fourth-order valence-corrected chi connectivity index (χ4v) is 3.22. The summed E-state index contributed by atoms with van der Waals surface area (Å²) in [6.45, 7) is 6.70. The number of fused-ring (bicyclic) bond motifs is 1. The smallest absolute Gasteiger partial charge is 0.288 e. The molecule has 3 rings (SSSR count). The summed E-state index contributed by atoms with van der Waals surface area (Å²) in [5, 5.41) is 7.27. The van der Waals surface area contributed by atoms with E-state index in [0.717, 1.165) is 23.5 Å². The Hall–Kier alpha value is -2.09. The lowest BCUT2D eigenvalue weighted by molar-refractivity contribution is 0.603. The van der Waals surface area contributed by atoms with Crippen molar-refractivity contribution in [3.05, 3.63) is 39.8 Å². The highest BCUT2D eigenvalue weighted by molar-refractivity contribution is 7.98. The number of nitrogens with zero attached hydrogens (tertiary/aromatic N) is 5. The summed E-state index contributed by atoms with van der Waals surface area (Å²) >= 11 is 1.50. The van der Waals surface area contributed by atoms with Gasteiger partial charge in [-0.1, -0.05) is 18.7 Å². The first-order chi connectivity index (χ1) is 10.6. The summed E-state index contributed by atoms with van der Waals surface area (Å²) in [6, 6.07) is 2.03. The molecule has 0 atom stereocenters. The molecule has 0 unspecified atom stereocenters. The maximum Gasteiger partial charge on any atom is 0.343 e. The number of imidazole rings is 1. The Morgan fingerprint density at radius 1 is 1.32 bits per heavy atom. The van der Waals surface area contributed by atoms with Crippen LogP contribution in [-0.4, -0.2) is 29.1 Å². The molecule has 0 aromatic carbocycles. The Balaban J connectivity index is 1.82. The highest BCUT2D eigenvalue weighted by Crippen LogP contribution is 2.20. The molecule has 0 aliphatic carbocycles. The van der Waals surface area contributed by atoms with Crippen molar-refractivity contribution < 1.29 is 0 Å². The minimum atomic E-state index is -0.160. The maximum atomic E-state index is 11.7. The van der Waals surface area contributed by atoms with E-state index in [-0.39, 0.29) is 5.69 Å². The van der Waals surface area contributed by atoms with Crippen molar-refractivity contribution in [3.63, 3.8) is 0 Å². The summed E-state index contributed by atoms with van der Waals surface area (Å²) in [5.41, 5.74) is 2.82. The molecule has 3 aromatic rings. The third kappa shape index (κ3) is 2.78. The van der Waals surface area contributed by atoms with E-state index in [4.69, 9.17) is 0 Å². The number of nitrogens with one attached hydrogen (secondary N) is 1. The van der Waals surface area contributed by atoms with E-state index in [9.17, 15) is 4.79 Å². The lowest BCUT2D eigenvalue weighted by Crippen LogP contribution is -2.17. The van der Waals surface area contributed by atoms with Crippen molar-refractivity contribution in [1.29, 1.82) is 0 Å². The number of rotatable bonds is 5. The monoisotopic (exact) mass is 318 g/mol. The SMILES string of the molecule is CCCn1c(SCc2cn3c(C)cc(C)nc3n2)n[nH]c1=O. The second-order valence-electron chi connectivity index (χ2n) is 5.19. The lowest BCUT2D eigenvalue weighted by atomic mass is 10.3. The van der Waals surface area contributed by atoms with Gasteiger partial charge < -0.3 is 0 Å².